The minimum absolute atomic E-state index is 0.101. The summed E-state index contributed by atoms with van der Waals surface area (Å²) in [6, 6.07) is 8.08. The third kappa shape index (κ3) is 6.20. The highest BCUT2D eigenvalue weighted by atomic mass is 35.5. The van der Waals surface area contributed by atoms with Gasteiger partial charge in [-0.1, -0.05) is 35.3 Å². The molecular formula is C25H30Cl2N4O3. The molecule has 3 heterocycles. The molecule has 1 unspecified atom stereocenters. The fourth-order valence-corrected chi connectivity index (χ4v) is 5.29. The molecule has 1 fully saturated rings. The lowest BCUT2D eigenvalue weighted by Gasteiger charge is -2.20. The molecule has 2 aliphatic heterocycles. The highest BCUT2D eigenvalue weighted by molar-refractivity contribution is 6.39. The van der Waals surface area contributed by atoms with Crippen molar-refractivity contribution in [2.75, 3.05) is 31.5 Å². The van der Waals surface area contributed by atoms with Gasteiger partial charge >= 0.3 is 5.97 Å². The number of rotatable bonds is 9. The van der Waals surface area contributed by atoms with Gasteiger partial charge in [-0.15, -0.1) is 0 Å². The van der Waals surface area contributed by atoms with Crippen LogP contribution < -0.4 is 10.6 Å². The van der Waals surface area contributed by atoms with E-state index in [1.165, 1.54) is 5.56 Å². The Morgan fingerprint density at radius 1 is 1.24 bits per heavy atom. The molecule has 4 rings (SSSR count). The maximum Gasteiger partial charge on any atom is 0.326 e. The van der Waals surface area contributed by atoms with E-state index < -0.39 is 17.9 Å². The second kappa shape index (κ2) is 11.4. The summed E-state index contributed by atoms with van der Waals surface area (Å²) in [5.74, 6) is -0.0454. The first-order valence-corrected chi connectivity index (χ1v) is 12.6. The Kier molecular flexibility index (Phi) is 8.29. The number of nitrogens with zero attached hydrogens (tertiary/aromatic N) is 2. The molecule has 0 saturated carbocycles. The quantitative estimate of drug-likeness (QED) is 0.471. The zero-order valence-electron chi connectivity index (χ0n) is 19.0. The third-order valence-electron chi connectivity index (χ3n) is 6.66. The second-order valence-corrected chi connectivity index (χ2v) is 9.90. The number of aryl methyl sites for hydroxylation is 2. The Bertz CT molecular complexity index is 1030. The van der Waals surface area contributed by atoms with E-state index in [-0.39, 0.29) is 15.6 Å². The standard InChI is InChI=1S/C25H30Cl2N4O3/c26-19-4-1-5-20(27)22(19)24(32)30-21(25(33)34)11-14-31-13-10-16(15-31)6-8-18-9-7-17-3-2-12-28-23(17)29-18/h1,4-5,7,9,16,21H,2-3,6,8,10-15H2,(H,28,29)(H,30,32)(H,33,34)/t16-,21?/m0/s1. The monoisotopic (exact) mass is 504 g/mol. The number of nitrogens with one attached hydrogen (secondary N) is 2. The first-order valence-electron chi connectivity index (χ1n) is 11.8. The lowest BCUT2D eigenvalue weighted by molar-refractivity contribution is -0.139. The van der Waals surface area contributed by atoms with Gasteiger partial charge in [-0.3, -0.25) is 4.79 Å². The van der Waals surface area contributed by atoms with Crippen molar-refractivity contribution in [1.29, 1.82) is 0 Å². The summed E-state index contributed by atoms with van der Waals surface area (Å²) in [5.41, 5.74) is 2.53. The second-order valence-electron chi connectivity index (χ2n) is 9.08. The number of aliphatic carboxylic acids is 1. The summed E-state index contributed by atoms with van der Waals surface area (Å²) >= 11 is 12.2. The Labute approximate surface area is 209 Å². The number of amides is 1. The van der Waals surface area contributed by atoms with Crippen LogP contribution in [0.2, 0.25) is 10.0 Å². The number of halogens is 2. The van der Waals surface area contributed by atoms with Crippen molar-refractivity contribution in [3.8, 4) is 0 Å². The molecule has 0 spiro atoms. The van der Waals surface area contributed by atoms with Crippen LogP contribution in [0.4, 0.5) is 5.82 Å². The topological polar surface area (TPSA) is 94.6 Å². The number of benzene rings is 1. The maximum absolute atomic E-state index is 12.6. The van der Waals surface area contributed by atoms with Crippen LogP contribution in [0.3, 0.4) is 0 Å². The molecule has 34 heavy (non-hydrogen) atoms. The fraction of sp³-hybridized carbons (Fsp3) is 0.480. The molecule has 1 aromatic heterocycles. The van der Waals surface area contributed by atoms with E-state index in [1.54, 1.807) is 18.2 Å². The minimum Gasteiger partial charge on any atom is -0.480 e. The van der Waals surface area contributed by atoms with Crippen molar-refractivity contribution in [3.63, 3.8) is 0 Å². The summed E-state index contributed by atoms with van der Waals surface area (Å²) < 4.78 is 0. The zero-order valence-corrected chi connectivity index (χ0v) is 20.5. The van der Waals surface area contributed by atoms with Gasteiger partial charge in [0.25, 0.3) is 5.91 Å². The highest BCUT2D eigenvalue weighted by Gasteiger charge is 2.27. The smallest absolute Gasteiger partial charge is 0.326 e. The van der Waals surface area contributed by atoms with E-state index in [0.29, 0.717) is 18.9 Å². The lowest BCUT2D eigenvalue weighted by atomic mass is 10.00. The number of hydrogen-bond donors (Lipinski definition) is 3. The number of hydrogen-bond acceptors (Lipinski definition) is 5. The van der Waals surface area contributed by atoms with E-state index in [4.69, 9.17) is 28.2 Å². The minimum atomic E-state index is -1.07. The van der Waals surface area contributed by atoms with Crippen molar-refractivity contribution in [2.24, 2.45) is 5.92 Å². The van der Waals surface area contributed by atoms with Gasteiger partial charge in [0.2, 0.25) is 0 Å². The van der Waals surface area contributed by atoms with Gasteiger partial charge in [-0.2, -0.15) is 0 Å². The normalized spacial score (nSPS) is 18.7. The molecule has 7 nitrogen and oxygen atoms in total. The molecule has 2 aliphatic rings. The van der Waals surface area contributed by atoms with Gasteiger partial charge in [-0.25, -0.2) is 9.78 Å². The number of fused-ring (bicyclic) bond motifs is 1. The van der Waals surface area contributed by atoms with E-state index in [0.717, 1.165) is 63.3 Å². The van der Waals surface area contributed by atoms with Gasteiger partial charge in [0, 0.05) is 25.3 Å². The SMILES string of the molecule is O=C(NC(CCN1CC[C@H](CCc2ccc3c(n2)NCCC3)C1)C(=O)O)c1c(Cl)cccc1Cl. The number of carboxylic acid groups (broad SMARTS) is 1. The van der Waals surface area contributed by atoms with Gasteiger partial charge in [-0.05, 0) is 74.8 Å². The summed E-state index contributed by atoms with van der Waals surface area (Å²) in [7, 11) is 0. The Morgan fingerprint density at radius 3 is 2.79 bits per heavy atom. The largest absolute Gasteiger partial charge is 0.480 e. The molecule has 9 heteroatoms. The van der Waals surface area contributed by atoms with Crippen LogP contribution in [0.25, 0.3) is 0 Å². The molecule has 1 amide bonds. The number of aromatic nitrogens is 1. The van der Waals surface area contributed by atoms with Gasteiger partial charge in [0.15, 0.2) is 0 Å². The fourth-order valence-electron chi connectivity index (χ4n) is 4.73. The molecule has 3 N–H and O–H groups in total. The van der Waals surface area contributed by atoms with Crippen molar-refractivity contribution in [3.05, 3.63) is 57.2 Å². The van der Waals surface area contributed by atoms with Crippen molar-refractivity contribution >= 4 is 40.9 Å². The average molecular weight is 505 g/mol. The van der Waals surface area contributed by atoms with Crippen molar-refractivity contribution in [2.45, 2.75) is 44.6 Å². The molecule has 2 aromatic rings. The van der Waals surface area contributed by atoms with Crippen molar-refractivity contribution in [1.82, 2.24) is 15.2 Å². The number of pyridine rings is 1. The molecule has 1 aromatic carbocycles. The lowest BCUT2D eigenvalue weighted by Crippen LogP contribution is -2.43. The van der Waals surface area contributed by atoms with E-state index in [2.05, 4.69) is 27.7 Å². The summed E-state index contributed by atoms with van der Waals surface area (Å²) in [6.45, 7) is 3.45. The molecule has 0 aliphatic carbocycles. The maximum atomic E-state index is 12.6. The first kappa shape index (κ1) is 24.8. The van der Waals surface area contributed by atoms with Crippen LogP contribution in [0, 0.1) is 5.92 Å². The Balaban J connectivity index is 1.24. The van der Waals surface area contributed by atoms with Crippen LogP contribution >= 0.6 is 23.2 Å². The molecular weight excluding hydrogens is 475 g/mol. The van der Waals surface area contributed by atoms with E-state index in [1.807, 2.05) is 0 Å². The van der Waals surface area contributed by atoms with Crippen LogP contribution in [-0.2, 0) is 17.6 Å². The summed E-state index contributed by atoms with van der Waals surface area (Å²) in [6.07, 6.45) is 5.66. The summed E-state index contributed by atoms with van der Waals surface area (Å²) in [5, 5.41) is 16.0. The number of carbonyl (C=O) groups excluding carboxylic acids is 1. The van der Waals surface area contributed by atoms with Crippen LogP contribution in [0.15, 0.2) is 30.3 Å². The van der Waals surface area contributed by atoms with E-state index >= 15 is 0 Å². The highest BCUT2D eigenvalue weighted by Crippen LogP contribution is 2.26. The predicted molar refractivity (Wildman–Crippen MR) is 134 cm³/mol. The Hall–Kier alpha value is -2.35. The van der Waals surface area contributed by atoms with Crippen molar-refractivity contribution < 1.29 is 14.7 Å². The van der Waals surface area contributed by atoms with Crippen LogP contribution in [0.5, 0.6) is 0 Å². The van der Waals surface area contributed by atoms with Crippen LogP contribution in [0.1, 0.15) is 47.3 Å². The molecule has 1 saturated heterocycles. The molecule has 0 bridgehead atoms. The van der Waals surface area contributed by atoms with Gasteiger partial charge in [0.1, 0.15) is 11.9 Å². The van der Waals surface area contributed by atoms with Gasteiger partial charge in [0.05, 0.1) is 15.6 Å². The molecule has 2 atom stereocenters. The van der Waals surface area contributed by atoms with Crippen LogP contribution in [-0.4, -0.2) is 59.1 Å². The Morgan fingerprint density at radius 2 is 2.03 bits per heavy atom. The third-order valence-corrected chi connectivity index (χ3v) is 7.29. The van der Waals surface area contributed by atoms with E-state index in [9.17, 15) is 14.7 Å². The predicted octanol–water partition coefficient (Wildman–Crippen LogP) is 4.27. The number of likely N-dealkylation sites (tertiary alicyclic amines) is 1. The number of carbonyl (C=O) groups is 2. The first-order chi connectivity index (χ1) is 16.4. The summed E-state index contributed by atoms with van der Waals surface area (Å²) in [4.78, 5) is 31.4. The number of carboxylic acids is 1. The molecule has 182 valence electrons. The zero-order chi connectivity index (χ0) is 24.1. The number of anilines is 1. The van der Waals surface area contributed by atoms with Gasteiger partial charge < -0.3 is 20.6 Å². The average Bonchev–Trinajstić information content (AvgIpc) is 3.28. The molecule has 0 radical (unpaired) electrons.